The van der Waals surface area contributed by atoms with Crippen LogP contribution in [-0.2, 0) is 0 Å². The fourth-order valence-electron chi connectivity index (χ4n) is 3.60. The Morgan fingerprint density at radius 3 is 1.97 bits per heavy atom. The molecule has 5 heteroatoms. The van der Waals surface area contributed by atoms with Gasteiger partial charge in [0.05, 0.1) is 27.7 Å². The SMILES string of the molecule is CCOc1cc(N(CC)CC)ccc1-c1cc(-c2cccs2)nc(-c2cccs2)c1. The van der Waals surface area contributed by atoms with Gasteiger partial charge in [-0.15, -0.1) is 22.7 Å². The molecule has 0 bridgehead atoms. The molecule has 1 aromatic carbocycles. The van der Waals surface area contributed by atoms with Crippen LogP contribution in [0, 0.1) is 0 Å². The van der Waals surface area contributed by atoms with Crippen LogP contribution in [0.3, 0.4) is 0 Å². The molecular weight excluding hydrogens is 408 g/mol. The van der Waals surface area contributed by atoms with Gasteiger partial charge in [0.25, 0.3) is 0 Å². The minimum absolute atomic E-state index is 0.634. The van der Waals surface area contributed by atoms with E-state index in [-0.39, 0.29) is 0 Å². The Labute approximate surface area is 186 Å². The molecule has 4 aromatic rings. The highest BCUT2D eigenvalue weighted by atomic mass is 32.1. The first-order valence-electron chi connectivity index (χ1n) is 10.4. The highest BCUT2D eigenvalue weighted by Gasteiger charge is 2.15. The average Bonchev–Trinajstić information content (AvgIpc) is 3.49. The number of nitrogens with zero attached hydrogens (tertiary/aromatic N) is 2. The smallest absolute Gasteiger partial charge is 0.129 e. The summed E-state index contributed by atoms with van der Waals surface area (Å²) in [7, 11) is 0. The molecule has 0 N–H and O–H groups in total. The molecule has 0 radical (unpaired) electrons. The summed E-state index contributed by atoms with van der Waals surface area (Å²) in [6.45, 7) is 8.98. The maximum absolute atomic E-state index is 6.09. The van der Waals surface area contributed by atoms with Gasteiger partial charge in [0.1, 0.15) is 5.75 Å². The van der Waals surface area contributed by atoms with Crippen molar-refractivity contribution in [1.82, 2.24) is 4.98 Å². The molecule has 154 valence electrons. The van der Waals surface area contributed by atoms with Gasteiger partial charge in [-0.1, -0.05) is 12.1 Å². The summed E-state index contributed by atoms with van der Waals surface area (Å²) in [4.78, 5) is 9.65. The molecule has 3 nitrogen and oxygen atoms in total. The van der Waals surface area contributed by atoms with E-state index in [4.69, 9.17) is 9.72 Å². The largest absolute Gasteiger partial charge is 0.493 e. The van der Waals surface area contributed by atoms with E-state index in [2.05, 4.69) is 84.1 Å². The van der Waals surface area contributed by atoms with E-state index in [9.17, 15) is 0 Å². The normalized spacial score (nSPS) is 10.9. The number of pyridine rings is 1. The zero-order chi connectivity index (χ0) is 20.9. The lowest BCUT2D eigenvalue weighted by Gasteiger charge is -2.23. The second-order valence-electron chi connectivity index (χ2n) is 6.87. The van der Waals surface area contributed by atoms with E-state index in [1.165, 1.54) is 15.4 Å². The van der Waals surface area contributed by atoms with Gasteiger partial charge in [-0.2, -0.15) is 0 Å². The maximum Gasteiger partial charge on any atom is 0.129 e. The highest BCUT2D eigenvalue weighted by Crippen LogP contribution is 2.38. The summed E-state index contributed by atoms with van der Waals surface area (Å²) in [5.74, 6) is 0.919. The molecule has 0 saturated heterocycles. The van der Waals surface area contributed by atoms with Crippen LogP contribution in [0.25, 0.3) is 32.3 Å². The van der Waals surface area contributed by atoms with Crippen molar-refractivity contribution >= 4 is 28.4 Å². The van der Waals surface area contributed by atoms with Gasteiger partial charge in [-0.05, 0) is 73.5 Å². The molecule has 3 aromatic heterocycles. The molecule has 0 spiro atoms. The van der Waals surface area contributed by atoms with E-state index in [1.807, 2.05) is 6.92 Å². The third kappa shape index (κ3) is 4.27. The van der Waals surface area contributed by atoms with Crippen LogP contribution < -0.4 is 9.64 Å². The summed E-state index contributed by atoms with van der Waals surface area (Å²) in [5.41, 5.74) is 5.43. The molecule has 3 heterocycles. The Morgan fingerprint density at radius 1 is 0.833 bits per heavy atom. The van der Waals surface area contributed by atoms with Crippen molar-refractivity contribution in [1.29, 1.82) is 0 Å². The number of thiophene rings is 2. The van der Waals surface area contributed by atoms with Crippen molar-refractivity contribution in [2.75, 3.05) is 24.6 Å². The fourth-order valence-corrected chi connectivity index (χ4v) is 4.97. The molecule has 0 aliphatic rings. The Bertz CT molecular complexity index is 1030. The predicted octanol–water partition coefficient (Wildman–Crippen LogP) is 7.45. The summed E-state index contributed by atoms with van der Waals surface area (Å²) in [5, 5.41) is 4.19. The quantitative estimate of drug-likeness (QED) is 0.288. The Morgan fingerprint density at radius 2 is 1.47 bits per heavy atom. The van der Waals surface area contributed by atoms with Crippen LogP contribution in [0.2, 0.25) is 0 Å². The third-order valence-electron chi connectivity index (χ3n) is 5.08. The number of anilines is 1. The Balaban J connectivity index is 1.86. The number of hydrogen-bond acceptors (Lipinski definition) is 5. The number of benzene rings is 1. The van der Waals surface area contributed by atoms with Gasteiger partial charge in [-0.3, -0.25) is 0 Å². The maximum atomic E-state index is 6.09. The lowest BCUT2D eigenvalue weighted by molar-refractivity contribution is 0.341. The van der Waals surface area contributed by atoms with Crippen LogP contribution in [0.4, 0.5) is 5.69 Å². The Hall–Kier alpha value is -2.63. The molecule has 0 amide bonds. The first-order valence-corrected chi connectivity index (χ1v) is 12.1. The van der Waals surface area contributed by atoms with E-state index < -0.39 is 0 Å². The minimum atomic E-state index is 0.634. The van der Waals surface area contributed by atoms with Gasteiger partial charge < -0.3 is 9.64 Å². The first kappa shape index (κ1) is 20.6. The van der Waals surface area contributed by atoms with Crippen molar-refractivity contribution in [2.24, 2.45) is 0 Å². The zero-order valence-electron chi connectivity index (χ0n) is 17.6. The second kappa shape index (κ2) is 9.45. The lowest BCUT2D eigenvalue weighted by atomic mass is 10.0. The predicted molar refractivity (Wildman–Crippen MR) is 131 cm³/mol. The van der Waals surface area contributed by atoms with Crippen LogP contribution in [0.5, 0.6) is 5.75 Å². The van der Waals surface area contributed by atoms with Crippen molar-refractivity contribution < 1.29 is 4.74 Å². The third-order valence-corrected chi connectivity index (χ3v) is 6.86. The van der Waals surface area contributed by atoms with Gasteiger partial charge in [0.15, 0.2) is 0 Å². The van der Waals surface area contributed by atoms with E-state index >= 15 is 0 Å². The van der Waals surface area contributed by atoms with Crippen molar-refractivity contribution in [3.8, 4) is 38.0 Å². The lowest BCUT2D eigenvalue weighted by Crippen LogP contribution is -2.21. The monoisotopic (exact) mass is 434 g/mol. The fraction of sp³-hybridized carbons (Fsp3) is 0.240. The highest BCUT2D eigenvalue weighted by molar-refractivity contribution is 7.13. The molecule has 0 atom stereocenters. The molecule has 0 unspecified atom stereocenters. The molecule has 30 heavy (non-hydrogen) atoms. The van der Waals surface area contributed by atoms with Crippen molar-refractivity contribution in [3.05, 3.63) is 65.4 Å². The first-order chi connectivity index (χ1) is 14.7. The molecule has 0 aliphatic heterocycles. The van der Waals surface area contributed by atoms with Crippen molar-refractivity contribution in [2.45, 2.75) is 20.8 Å². The molecule has 4 rings (SSSR count). The van der Waals surface area contributed by atoms with Crippen LogP contribution in [0.15, 0.2) is 65.4 Å². The standard InChI is InChI=1S/C25H26N2OS2/c1-4-27(5-2)19-11-12-20(23(17-19)28-6-3)18-15-21(24-9-7-13-29-24)26-22(16-18)25-10-8-14-30-25/h7-17H,4-6H2,1-3H3. The average molecular weight is 435 g/mol. The summed E-state index contributed by atoms with van der Waals surface area (Å²) in [6.07, 6.45) is 0. The van der Waals surface area contributed by atoms with Gasteiger partial charge in [0, 0.05) is 30.4 Å². The zero-order valence-corrected chi connectivity index (χ0v) is 19.2. The van der Waals surface area contributed by atoms with E-state index in [1.54, 1.807) is 22.7 Å². The number of hydrogen-bond donors (Lipinski definition) is 0. The number of ether oxygens (including phenoxy) is 1. The summed E-state index contributed by atoms with van der Waals surface area (Å²) < 4.78 is 6.09. The Kier molecular flexibility index (Phi) is 6.50. The van der Waals surface area contributed by atoms with E-state index in [0.717, 1.165) is 41.4 Å². The number of rotatable bonds is 8. The van der Waals surface area contributed by atoms with Gasteiger partial charge >= 0.3 is 0 Å². The molecule has 0 aliphatic carbocycles. The second-order valence-corrected chi connectivity index (χ2v) is 8.76. The molecule has 0 fully saturated rings. The van der Waals surface area contributed by atoms with Crippen molar-refractivity contribution in [3.63, 3.8) is 0 Å². The van der Waals surface area contributed by atoms with Gasteiger partial charge in [0.2, 0.25) is 0 Å². The summed E-state index contributed by atoms with van der Waals surface area (Å²) >= 11 is 3.43. The van der Waals surface area contributed by atoms with E-state index in [0.29, 0.717) is 6.61 Å². The number of aromatic nitrogens is 1. The topological polar surface area (TPSA) is 25.4 Å². The minimum Gasteiger partial charge on any atom is -0.493 e. The molecular formula is C25H26N2OS2. The summed E-state index contributed by atoms with van der Waals surface area (Å²) in [6, 6.07) is 19.3. The molecule has 0 saturated carbocycles. The van der Waals surface area contributed by atoms with Crippen LogP contribution >= 0.6 is 22.7 Å². The van der Waals surface area contributed by atoms with Gasteiger partial charge in [-0.25, -0.2) is 4.98 Å². The van der Waals surface area contributed by atoms with Crippen LogP contribution in [-0.4, -0.2) is 24.7 Å². The van der Waals surface area contributed by atoms with Crippen LogP contribution in [0.1, 0.15) is 20.8 Å².